The second kappa shape index (κ2) is 10.9. The number of para-hydroxylation sites is 1. The number of nitrogens with one attached hydrogen (secondary N) is 1. The molecule has 36 heavy (non-hydrogen) atoms. The zero-order valence-corrected chi connectivity index (χ0v) is 20.9. The van der Waals surface area contributed by atoms with Crippen LogP contribution in [0, 0.1) is 0 Å². The first kappa shape index (κ1) is 23.9. The molecule has 1 aliphatic heterocycles. The van der Waals surface area contributed by atoms with Crippen LogP contribution in [0.5, 0.6) is 5.75 Å². The summed E-state index contributed by atoms with van der Waals surface area (Å²) >= 11 is 1.52. The number of ether oxygens (including phenoxy) is 1. The van der Waals surface area contributed by atoms with Crippen LogP contribution >= 0.6 is 11.3 Å². The Morgan fingerprint density at radius 1 is 1.17 bits per heavy atom. The largest absolute Gasteiger partial charge is 0.496 e. The van der Waals surface area contributed by atoms with E-state index in [0.717, 1.165) is 41.7 Å². The lowest BCUT2D eigenvalue weighted by atomic mass is 9.97. The third kappa shape index (κ3) is 5.23. The number of imidazole rings is 1. The van der Waals surface area contributed by atoms with E-state index in [1.165, 1.54) is 11.3 Å². The number of piperidine rings is 1. The van der Waals surface area contributed by atoms with Gasteiger partial charge in [0.25, 0.3) is 11.8 Å². The summed E-state index contributed by atoms with van der Waals surface area (Å²) in [5, 5.41) is 6.60. The lowest BCUT2D eigenvalue weighted by molar-refractivity contribution is 0.0707. The molecule has 0 radical (unpaired) electrons. The number of hydrogen-bond acceptors (Lipinski definition) is 7. The minimum absolute atomic E-state index is 0.0904. The number of hydrogen-bond donors (Lipinski definition) is 1. The molecular formula is C26H28N6O3S. The van der Waals surface area contributed by atoms with Crippen LogP contribution in [-0.4, -0.2) is 63.0 Å². The Balaban J connectivity index is 1.15. The summed E-state index contributed by atoms with van der Waals surface area (Å²) < 4.78 is 7.48. The third-order valence-electron chi connectivity index (χ3n) is 6.44. The molecule has 1 N–H and O–H groups in total. The van der Waals surface area contributed by atoms with Crippen LogP contribution in [0.1, 0.15) is 51.2 Å². The molecule has 0 aliphatic carbocycles. The van der Waals surface area contributed by atoms with Gasteiger partial charge in [-0.05, 0) is 31.4 Å². The zero-order valence-electron chi connectivity index (χ0n) is 20.1. The number of nitrogens with zero attached hydrogens (tertiary/aromatic N) is 5. The molecule has 1 aliphatic rings. The standard InChI is InChI=1S/C26H28N6O3S/c1-35-23-15-21(29-20-6-3-2-5-19(20)23)26(34)32-12-7-18(8-13-32)25-30-22(16-36-25)24(33)28-9-4-11-31-14-10-27-17-31/h2-3,5-6,10,14-18H,4,7-9,11-13H2,1H3,(H,28,33). The number of aryl methyl sites for hydroxylation is 1. The van der Waals surface area contributed by atoms with Gasteiger partial charge in [-0.1, -0.05) is 12.1 Å². The SMILES string of the molecule is COc1cc(C(=O)N2CCC(c3nc(C(=O)NCCCn4ccnc4)cs3)CC2)nc2ccccc12. The summed E-state index contributed by atoms with van der Waals surface area (Å²) in [5.74, 6) is 0.648. The second-order valence-corrected chi connectivity index (χ2v) is 9.66. The van der Waals surface area contributed by atoms with E-state index in [0.29, 0.717) is 36.8 Å². The molecular weight excluding hydrogens is 476 g/mol. The molecule has 0 atom stereocenters. The molecule has 2 amide bonds. The van der Waals surface area contributed by atoms with E-state index >= 15 is 0 Å². The molecule has 5 rings (SSSR count). The van der Waals surface area contributed by atoms with Crippen LogP contribution in [-0.2, 0) is 6.54 Å². The molecule has 4 aromatic rings. The number of amides is 2. The fraction of sp³-hybridized carbons (Fsp3) is 0.346. The van der Waals surface area contributed by atoms with Crippen molar-refractivity contribution < 1.29 is 14.3 Å². The molecule has 10 heteroatoms. The van der Waals surface area contributed by atoms with Crippen molar-refractivity contribution in [2.24, 2.45) is 0 Å². The fourth-order valence-corrected chi connectivity index (χ4v) is 5.44. The Labute approximate surface area is 213 Å². The first-order chi connectivity index (χ1) is 17.6. The summed E-state index contributed by atoms with van der Waals surface area (Å²) in [5.41, 5.74) is 1.60. The molecule has 1 fully saturated rings. The minimum atomic E-state index is -0.146. The monoisotopic (exact) mass is 504 g/mol. The fourth-order valence-electron chi connectivity index (χ4n) is 4.47. The first-order valence-corrected chi connectivity index (χ1v) is 12.9. The third-order valence-corrected chi connectivity index (χ3v) is 7.45. The van der Waals surface area contributed by atoms with E-state index in [2.05, 4.69) is 20.3 Å². The van der Waals surface area contributed by atoms with E-state index in [1.807, 2.05) is 45.3 Å². The van der Waals surface area contributed by atoms with Crippen molar-refractivity contribution >= 4 is 34.1 Å². The molecule has 1 aromatic carbocycles. The molecule has 1 saturated heterocycles. The van der Waals surface area contributed by atoms with Gasteiger partial charge in [-0.2, -0.15) is 0 Å². The lowest BCUT2D eigenvalue weighted by Gasteiger charge is -2.31. The van der Waals surface area contributed by atoms with E-state index < -0.39 is 0 Å². The van der Waals surface area contributed by atoms with Crippen LogP contribution in [0.4, 0.5) is 0 Å². The highest BCUT2D eigenvalue weighted by molar-refractivity contribution is 7.09. The second-order valence-electron chi connectivity index (χ2n) is 8.77. The van der Waals surface area contributed by atoms with Crippen LogP contribution in [0.15, 0.2) is 54.4 Å². The van der Waals surface area contributed by atoms with Crippen LogP contribution in [0.2, 0.25) is 0 Å². The van der Waals surface area contributed by atoms with Crippen molar-refractivity contribution in [2.75, 3.05) is 26.7 Å². The number of carbonyl (C=O) groups excluding carboxylic acids is 2. The molecule has 0 spiro atoms. The van der Waals surface area contributed by atoms with Gasteiger partial charge < -0.3 is 19.5 Å². The van der Waals surface area contributed by atoms with Gasteiger partial charge in [0, 0.05) is 61.3 Å². The maximum atomic E-state index is 13.2. The van der Waals surface area contributed by atoms with Crippen molar-refractivity contribution in [1.29, 1.82) is 0 Å². The molecule has 3 aromatic heterocycles. The highest BCUT2D eigenvalue weighted by Gasteiger charge is 2.28. The van der Waals surface area contributed by atoms with Crippen molar-refractivity contribution in [3.8, 4) is 5.75 Å². The quantitative estimate of drug-likeness (QED) is 0.367. The van der Waals surface area contributed by atoms with E-state index in [1.54, 1.807) is 25.7 Å². The van der Waals surface area contributed by atoms with Gasteiger partial charge >= 0.3 is 0 Å². The highest BCUT2D eigenvalue weighted by atomic mass is 32.1. The molecule has 0 saturated carbocycles. The van der Waals surface area contributed by atoms with Crippen molar-refractivity contribution in [3.05, 3.63) is 70.8 Å². The summed E-state index contributed by atoms with van der Waals surface area (Å²) in [6, 6.07) is 9.37. The minimum Gasteiger partial charge on any atom is -0.496 e. The number of rotatable bonds is 8. The van der Waals surface area contributed by atoms with E-state index in [-0.39, 0.29) is 17.7 Å². The van der Waals surface area contributed by atoms with E-state index in [9.17, 15) is 9.59 Å². The maximum absolute atomic E-state index is 13.2. The molecule has 4 heterocycles. The van der Waals surface area contributed by atoms with Crippen LogP contribution < -0.4 is 10.1 Å². The molecule has 9 nitrogen and oxygen atoms in total. The van der Waals surface area contributed by atoms with Crippen molar-refractivity contribution in [2.45, 2.75) is 31.7 Å². The maximum Gasteiger partial charge on any atom is 0.272 e. The predicted octanol–water partition coefficient (Wildman–Crippen LogP) is 3.74. The number of aromatic nitrogens is 4. The smallest absolute Gasteiger partial charge is 0.272 e. The molecule has 186 valence electrons. The number of methoxy groups -OCH3 is 1. The number of carbonyl (C=O) groups is 2. The molecule has 0 unspecified atom stereocenters. The Hall–Kier alpha value is -3.79. The Bertz CT molecular complexity index is 1340. The van der Waals surface area contributed by atoms with E-state index in [4.69, 9.17) is 4.74 Å². The number of thiazole rings is 1. The van der Waals surface area contributed by atoms with Gasteiger partial charge in [0.05, 0.1) is 24.0 Å². The summed E-state index contributed by atoms with van der Waals surface area (Å²) in [6.45, 7) is 2.63. The van der Waals surface area contributed by atoms with Crippen LogP contribution in [0.25, 0.3) is 10.9 Å². The highest BCUT2D eigenvalue weighted by Crippen LogP contribution is 2.31. The topological polar surface area (TPSA) is 102 Å². The number of pyridine rings is 1. The average molecular weight is 505 g/mol. The summed E-state index contributed by atoms with van der Waals surface area (Å²) in [7, 11) is 1.60. The molecule has 0 bridgehead atoms. The van der Waals surface area contributed by atoms with Gasteiger partial charge in [0.1, 0.15) is 17.1 Å². The van der Waals surface area contributed by atoms with Gasteiger partial charge in [0.2, 0.25) is 0 Å². The number of benzene rings is 1. The average Bonchev–Trinajstić information content (AvgIpc) is 3.63. The predicted molar refractivity (Wildman–Crippen MR) is 137 cm³/mol. The van der Waals surface area contributed by atoms with Gasteiger partial charge in [-0.15, -0.1) is 11.3 Å². The Kier molecular flexibility index (Phi) is 7.22. The number of fused-ring (bicyclic) bond motifs is 1. The Morgan fingerprint density at radius 2 is 2.00 bits per heavy atom. The zero-order chi connectivity index (χ0) is 24.9. The van der Waals surface area contributed by atoms with Gasteiger partial charge in [0.15, 0.2) is 0 Å². The van der Waals surface area contributed by atoms with Crippen molar-refractivity contribution in [1.82, 2.24) is 29.7 Å². The summed E-state index contributed by atoms with van der Waals surface area (Å²) in [4.78, 5) is 40.7. The number of likely N-dealkylation sites (tertiary alicyclic amines) is 1. The lowest BCUT2D eigenvalue weighted by Crippen LogP contribution is -2.38. The van der Waals surface area contributed by atoms with Gasteiger partial charge in [-0.3, -0.25) is 9.59 Å². The first-order valence-electron chi connectivity index (χ1n) is 12.0. The Morgan fingerprint density at radius 3 is 2.78 bits per heavy atom. The van der Waals surface area contributed by atoms with Gasteiger partial charge in [-0.25, -0.2) is 15.0 Å². The van der Waals surface area contributed by atoms with Crippen LogP contribution in [0.3, 0.4) is 0 Å². The van der Waals surface area contributed by atoms with Crippen molar-refractivity contribution in [3.63, 3.8) is 0 Å². The summed E-state index contributed by atoms with van der Waals surface area (Å²) in [6.07, 6.45) is 7.84. The normalized spacial score (nSPS) is 14.2.